The van der Waals surface area contributed by atoms with E-state index in [1.165, 1.54) is 0 Å². The van der Waals surface area contributed by atoms with E-state index in [9.17, 15) is 13.2 Å². The van der Waals surface area contributed by atoms with Crippen LogP contribution in [0.15, 0.2) is 54.9 Å². The first-order chi connectivity index (χ1) is 22.2. The van der Waals surface area contributed by atoms with E-state index in [2.05, 4.69) is 20.0 Å². The number of nitrogens with zero attached hydrogens (tertiary/aromatic N) is 4. The zero-order chi connectivity index (χ0) is 33.9. The van der Waals surface area contributed by atoms with E-state index < -0.39 is 15.6 Å². The Balaban J connectivity index is 1.41. The highest BCUT2D eigenvalue weighted by Gasteiger charge is 2.28. The van der Waals surface area contributed by atoms with Crippen molar-refractivity contribution in [2.24, 2.45) is 5.92 Å². The van der Waals surface area contributed by atoms with Crippen molar-refractivity contribution in [1.82, 2.24) is 19.9 Å². The van der Waals surface area contributed by atoms with Crippen LogP contribution in [0.2, 0.25) is 0 Å². The summed E-state index contributed by atoms with van der Waals surface area (Å²) in [6, 6.07) is 13.1. The molecule has 0 spiro atoms. The van der Waals surface area contributed by atoms with E-state index in [1.807, 2.05) is 84.9 Å². The number of nitrogens with one attached hydrogen (secondary N) is 2. The summed E-state index contributed by atoms with van der Waals surface area (Å²) in [4.78, 5) is 28.2. The highest BCUT2D eigenvalue weighted by atomic mass is 32.2. The lowest BCUT2D eigenvalue weighted by Crippen LogP contribution is -2.47. The number of benzene rings is 2. The number of rotatable bonds is 9. The maximum Gasteiger partial charge on any atom is 0.410 e. The molecule has 250 valence electrons. The number of carbonyl (C=O) groups is 1. The van der Waals surface area contributed by atoms with Crippen molar-refractivity contribution in [3.63, 3.8) is 0 Å². The monoisotopic (exact) mass is 660 g/mol. The van der Waals surface area contributed by atoms with Crippen LogP contribution in [0.5, 0.6) is 11.6 Å². The molecule has 12 heteroatoms. The average Bonchev–Trinajstić information content (AvgIpc) is 2.99. The lowest BCUT2D eigenvalue weighted by Gasteiger charge is -2.34. The first-order valence-electron chi connectivity index (χ1n) is 15.9. The predicted molar refractivity (Wildman–Crippen MR) is 185 cm³/mol. The molecule has 2 aromatic heterocycles. The van der Waals surface area contributed by atoms with Crippen LogP contribution in [-0.4, -0.2) is 64.8 Å². The number of sulfonamides is 1. The molecule has 0 saturated carbocycles. The summed E-state index contributed by atoms with van der Waals surface area (Å²) in [5.74, 6) is 1.36. The maximum absolute atomic E-state index is 12.9. The zero-order valence-corrected chi connectivity index (χ0v) is 28.9. The van der Waals surface area contributed by atoms with Gasteiger partial charge in [-0.3, -0.25) is 4.72 Å². The minimum atomic E-state index is -3.55. The summed E-state index contributed by atoms with van der Waals surface area (Å²) in [5, 5.41) is 4.88. The number of hydrogen-bond donors (Lipinski definition) is 2. The van der Waals surface area contributed by atoms with E-state index in [0.717, 1.165) is 34.7 Å². The number of fused-ring (bicyclic) bond motifs is 1. The Labute approximate surface area is 277 Å². The standard InChI is InChI=1S/C35H44N6O5S/c1-22(2)21-47(43,44)40-30-23(3)12-15-27-26(30)14-13-24(4)31(27)45-32-28(11-8-17-36-32)29-16-18-37-33(39-29)38-25-10-9-19-41(20-25)34(42)46-35(5,6)7/h8,11-18,22,25,40H,9-10,19-21H2,1-7H3,(H,37,38,39). The minimum Gasteiger partial charge on any atom is -0.444 e. The van der Waals surface area contributed by atoms with Crippen LogP contribution < -0.4 is 14.8 Å². The van der Waals surface area contributed by atoms with Gasteiger partial charge in [0.1, 0.15) is 11.4 Å². The summed E-state index contributed by atoms with van der Waals surface area (Å²) in [6.45, 7) is 14.3. The highest BCUT2D eigenvalue weighted by molar-refractivity contribution is 7.92. The van der Waals surface area contributed by atoms with Gasteiger partial charge in [-0.05, 0) is 82.7 Å². The normalized spacial score (nSPS) is 15.5. The Bertz CT molecular complexity index is 1870. The Kier molecular flexibility index (Phi) is 9.90. The third kappa shape index (κ3) is 8.48. The fourth-order valence-electron chi connectivity index (χ4n) is 5.61. The molecule has 0 bridgehead atoms. The molecule has 11 nitrogen and oxygen atoms in total. The highest BCUT2D eigenvalue weighted by Crippen LogP contribution is 2.40. The molecule has 1 aliphatic heterocycles. The van der Waals surface area contributed by atoms with E-state index >= 15 is 0 Å². The second kappa shape index (κ2) is 13.7. The SMILES string of the molecule is Cc1ccc2c(Oc3ncccc3-c3ccnc(NC4CCCN(C(=O)OC(C)(C)C)C4)n3)c(C)ccc2c1NS(=O)(=O)CC(C)C. The van der Waals surface area contributed by atoms with Crippen molar-refractivity contribution in [3.8, 4) is 22.9 Å². The summed E-state index contributed by atoms with van der Waals surface area (Å²) in [7, 11) is -3.55. The maximum atomic E-state index is 12.9. The molecule has 3 heterocycles. The van der Waals surface area contributed by atoms with Gasteiger partial charge in [-0.15, -0.1) is 0 Å². The third-order valence-corrected chi connectivity index (χ3v) is 9.30. The predicted octanol–water partition coefficient (Wildman–Crippen LogP) is 7.31. The Morgan fingerprint density at radius 1 is 1.02 bits per heavy atom. The third-order valence-electron chi connectivity index (χ3n) is 7.67. The summed E-state index contributed by atoms with van der Waals surface area (Å²) >= 11 is 0. The van der Waals surface area contributed by atoms with Gasteiger partial charge in [0.15, 0.2) is 0 Å². The van der Waals surface area contributed by atoms with Gasteiger partial charge < -0.3 is 19.7 Å². The number of carbonyl (C=O) groups excluding carboxylic acids is 1. The largest absolute Gasteiger partial charge is 0.444 e. The van der Waals surface area contributed by atoms with Crippen molar-refractivity contribution in [3.05, 3.63) is 66.0 Å². The van der Waals surface area contributed by atoms with E-state index in [4.69, 9.17) is 14.5 Å². The number of aryl methyl sites for hydroxylation is 2. The van der Waals surface area contributed by atoms with E-state index in [0.29, 0.717) is 47.6 Å². The van der Waals surface area contributed by atoms with Crippen LogP contribution in [-0.2, 0) is 14.8 Å². The average molecular weight is 661 g/mol. The molecule has 2 N–H and O–H groups in total. The Morgan fingerprint density at radius 2 is 1.77 bits per heavy atom. The van der Waals surface area contributed by atoms with Gasteiger partial charge in [-0.2, -0.15) is 0 Å². The number of aromatic nitrogens is 3. The molecule has 1 amide bonds. The fourth-order valence-corrected chi connectivity index (χ4v) is 7.16. The van der Waals surface area contributed by atoms with Crippen LogP contribution in [0.1, 0.15) is 58.6 Å². The van der Waals surface area contributed by atoms with Gasteiger partial charge in [-0.1, -0.05) is 38.1 Å². The second-order valence-corrected chi connectivity index (χ2v) is 15.2. The number of likely N-dealkylation sites (tertiary alicyclic amines) is 1. The molecular formula is C35H44N6O5S. The van der Waals surface area contributed by atoms with Gasteiger partial charge in [0.25, 0.3) is 0 Å². The molecular weight excluding hydrogens is 616 g/mol. The molecule has 1 aliphatic rings. The van der Waals surface area contributed by atoms with Gasteiger partial charge >= 0.3 is 6.09 Å². The minimum absolute atomic E-state index is 0.0152. The number of pyridine rings is 1. The number of piperidine rings is 1. The van der Waals surface area contributed by atoms with Crippen LogP contribution >= 0.6 is 0 Å². The number of hydrogen-bond acceptors (Lipinski definition) is 9. The first kappa shape index (κ1) is 33.9. The van der Waals surface area contributed by atoms with Crippen molar-refractivity contribution in [2.75, 3.05) is 28.9 Å². The van der Waals surface area contributed by atoms with Crippen LogP contribution in [0.25, 0.3) is 22.0 Å². The van der Waals surface area contributed by atoms with Gasteiger partial charge in [-0.25, -0.2) is 28.2 Å². The molecule has 5 rings (SSSR count). The number of anilines is 2. The molecule has 1 fully saturated rings. The molecule has 1 unspecified atom stereocenters. The molecule has 2 aromatic carbocycles. The van der Waals surface area contributed by atoms with Crippen molar-refractivity contribution in [2.45, 2.75) is 73.0 Å². The van der Waals surface area contributed by atoms with Crippen LogP contribution in [0, 0.1) is 19.8 Å². The van der Waals surface area contributed by atoms with Crippen LogP contribution in [0.3, 0.4) is 0 Å². The molecule has 0 radical (unpaired) electrons. The molecule has 4 aromatic rings. The van der Waals surface area contributed by atoms with Crippen molar-refractivity contribution in [1.29, 1.82) is 0 Å². The van der Waals surface area contributed by atoms with Crippen molar-refractivity contribution < 1.29 is 22.7 Å². The van der Waals surface area contributed by atoms with Crippen LogP contribution in [0.4, 0.5) is 16.4 Å². The molecule has 1 saturated heterocycles. The first-order valence-corrected chi connectivity index (χ1v) is 17.6. The topological polar surface area (TPSA) is 136 Å². The molecule has 1 atom stereocenters. The Morgan fingerprint density at radius 3 is 2.51 bits per heavy atom. The van der Waals surface area contributed by atoms with E-state index in [1.54, 1.807) is 23.4 Å². The molecule has 0 aliphatic carbocycles. The van der Waals surface area contributed by atoms with Gasteiger partial charge in [0.05, 0.1) is 22.7 Å². The molecule has 47 heavy (non-hydrogen) atoms. The van der Waals surface area contributed by atoms with Gasteiger partial charge in [0, 0.05) is 42.3 Å². The quantitative estimate of drug-likeness (QED) is 0.189. The summed E-state index contributed by atoms with van der Waals surface area (Å²) in [5.41, 5.74) is 2.93. The second-order valence-electron chi connectivity index (χ2n) is 13.5. The zero-order valence-electron chi connectivity index (χ0n) is 28.1. The van der Waals surface area contributed by atoms with Crippen molar-refractivity contribution >= 4 is 38.5 Å². The summed E-state index contributed by atoms with van der Waals surface area (Å²) < 4.78 is 40.7. The number of amides is 1. The van der Waals surface area contributed by atoms with Gasteiger partial charge in [0.2, 0.25) is 21.9 Å². The lowest BCUT2D eigenvalue weighted by molar-refractivity contribution is 0.0206. The lowest BCUT2D eigenvalue weighted by atomic mass is 10.0. The fraction of sp³-hybridized carbons (Fsp3) is 0.429. The number of ether oxygens (including phenoxy) is 2. The summed E-state index contributed by atoms with van der Waals surface area (Å²) in [6.07, 6.45) is 4.71. The smallest absolute Gasteiger partial charge is 0.410 e. The van der Waals surface area contributed by atoms with E-state index in [-0.39, 0.29) is 23.8 Å². The Hall–Kier alpha value is -4.45.